The lowest BCUT2D eigenvalue weighted by atomic mass is 10.1. The van der Waals surface area contributed by atoms with Gasteiger partial charge in [-0.15, -0.1) is 0 Å². The van der Waals surface area contributed by atoms with Crippen LogP contribution in [0.4, 0.5) is 0 Å². The summed E-state index contributed by atoms with van der Waals surface area (Å²) < 4.78 is 0. The van der Waals surface area contributed by atoms with E-state index in [9.17, 15) is 4.79 Å². The van der Waals surface area contributed by atoms with E-state index in [2.05, 4.69) is 9.80 Å². The third-order valence-corrected chi connectivity index (χ3v) is 4.25. The third kappa shape index (κ3) is 1.39. The number of hydrogen-bond donors (Lipinski definition) is 1. The smallest absolute Gasteiger partial charge is 0.239 e. The zero-order valence-corrected chi connectivity index (χ0v) is 9.06. The largest absolute Gasteiger partial charge is 0.337 e. The molecule has 0 aromatic carbocycles. The summed E-state index contributed by atoms with van der Waals surface area (Å²) in [4.78, 5) is 16.5. The molecule has 0 spiro atoms. The predicted octanol–water partition coefficient (Wildman–Crippen LogP) is -0.217. The molecular weight excluding hydrogens is 190 g/mol. The highest BCUT2D eigenvalue weighted by molar-refractivity contribution is 5.84. The number of rotatable bonds is 1. The van der Waals surface area contributed by atoms with Gasteiger partial charge in [-0.25, -0.2) is 0 Å². The summed E-state index contributed by atoms with van der Waals surface area (Å²) >= 11 is 0. The Hall–Kier alpha value is -0.610. The van der Waals surface area contributed by atoms with E-state index < -0.39 is 0 Å². The average Bonchev–Trinajstić information content (AvgIpc) is 2.85. The van der Waals surface area contributed by atoms with Crippen LogP contribution in [0.5, 0.6) is 0 Å². The number of hydrogen-bond acceptors (Lipinski definition) is 3. The van der Waals surface area contributed by atoms with Gasteiger partial charge in [0.05, 0.1) is 6.04 Å². The molecule has 0 saturated carbocycles. The van der Waals surface area contributed by atoms with Crippen LogP contribution in [0.1, 0.15) is 25.7 Å². The molecule has 0 aromatic heterocycles. The van der Waals surface area contributed by atoms with Gasteiger partial charge in [0.1, 0.15) is 0 Å². The summed E-state index contributed by atoms with van der Waals surface area (Å²) in [7, 11) is 0. The molecule has 3 saturated heterocycles. The summed E-state index contributed by atoms with van der Waals surface area (Å²) in [6.45, 7) is 3.29. The molecule has 15 heavy (non-hydrogen) atoms. The fraction of sp³-hybridized carbons (Fsp3) is 0.909. The fourth-order valence-corrected chi connectivity index (χ4v) is 3.47. The molecule has 4 nitrogen and oxygen atoms in total. The maximum Gasteiger partial charge on any atom is 0.239 e. The quantitative estimate of drug-likeness (QED) is 0.649. The molecular formula is C11H19N3O. The lowest BCUT2D eigenvalue weighted by Crippen LogP contribution is -2.45. The number of fused-ring (bicyclic) bond motifs is 1. The van der Waals surface area contributed by atoms with Gasteiger partial charge in [-0.3, -0.25) is 9.69 Å². The highest BCUT2D eigenvalue weighted by Gasteiger charge is 2.44. The summed E-state index contributed by atoms with van der Waals surface area (Å²) in [5.41, 5.74) is 5.77. The predicted molar refractivity (Wildman–Crippen MR) is 57.3 cm³/mol. The lowest BCUT2D eigenvalue weighted by Gasteiger charge is -2.29. The molecule has 2 N–H and O–H groups in total. The minimum atomic E-state index is -0.222. The van der Waals surface area contributed by atoms with E-state index in [0.29, 0.717) is 12.1 Å². The second-order valence-electron chi connectivity index (χ2n) is 5.03. The summed E-state index contributed by atoms with van der Waals surface area (Å²) in [5.74, 6) is 0.189. The molecule has 4 heteroatoms. The summed E-state index contributed by atoms with van der Waals surface area (Å²) in [6.07, 6.45) is 4.57. The highest BCUT2D eigenvalue weighted by atomic mass is 16.2. The number of carbonyl (C=O) groups excluding carboxylic acids is 1. The molecule has 0 aromatic rings. The van der Waals surface area contributed by atoms with Crippen molar-refractivity contribution >= 4 is 5.91 Å². The number of amides is 1. The Morgan fingerprint density at radius 1 is 1.07 bits per heavy atom. The Balaban J connectivity index is 1.75. The van der Waals surface area contributed by atoms with Crippen LogP contribution in [0, 0.1) is 0 Å². The van der Waals surface area contributed by atoms with Crippen LogP contribution in [0.2, 0.25) is 0 Å². The van der Waals surface area contributed by atoms with Gasteiger partial charge in [-0.05, 0) is 32.2 Å². The van der Waals surface area contributed by atoms with Gasteiger partial charge in [0.25, 0.3) is 0 Å². The number of nitrogens with two attached hydrogens (primary N) is 1. The van der Waals surface area contributed by atoms with Gasteiger partial charge in [-0.1, -0.05) is 0 Å². The number of carbonyl (C=O) groups is 1. The van der Waals surface area contributed by atoms with Crippen molar-refractivity contribution in [2.75, 3.05) is 19.6 Å². The molecule has 0 bridgehead atoms. The normalized spacial score (nSPS) is 41.5. The molecule has 3 aliphatic heterocycles. The van der Waals surface area contributed by atoms with Gasteiger partial charge >= 0.3 is 0 Å². The summed E-state index contributed by atoms with van der Waals surface area (Å²) in [5, 5.41) is 0. The van der Waals surface area contributed by atoms with Crippen molar-refractivity contribution in [2.45, 2.75) is 43.8 Å². The van der Waals surface area contributed by atoms with Crippen LogP contribution in [0.25, 0.3) is 0 Å². The zero-order valence-electron chi connectivity index (χ0n) is 9.06. The molecule has 3 aliphatic rings. The second-order valence-corrected chi connectivity index (χ2v) is 5.03. The first kappa shape index (κ1) is 9.60. The van der Waals surface area contributed by atoms with E-state index in [1.807, 2.05) is 0 Å². The Morgan fingerprint density at radius 2 is 1.93 bits per heavy atom. The monoisotopic (exact) mass is 209 g/mol. The summed E-state index contributed by atoms with van der Waals surface area (Å²) in [6, 6.07) is 0.883. The van der Waals surface area contributed by atoms with Gasteiger partial charge in [0, 0.05) is 25.2 Å². The molecule has 0 aliphatic carbocycles. The van der Waals surface area contributed by atoms with Crippen LogP contribution >= 0.6 is 0 Å². The second kappa shape index (κ2) is 3.46. The van der Waals surface area contributed by atoms with Crippen molar-refractivity contribution < 1.29 is 4.79 Å². The Labute approximate surface area is 90.4 Å². The minimum Gasteiger partial charge on any atom is -0.337 e. The Kier molecular flexibility index (Phi) is 2.21. The molecule has 3 atom stereocenters. The number of likely N-dealkylation sites (tertiary alicyclic amines) is 1. The van der Waals surface area contributed by atoms with E-state index in [1.54, 1.807) is 0 Å². The Morgan fingerprint density at radius 3 is 2.67 bits per heavy atom. The number of nitrogens with zero attached hydrogens (tertiary/aromatic N) is 2. The third-order valence-electron chi connectivity index (χ3n) is 4.25. The first-order valence-electron chi connectivity index (χ1n) is 6.07. The van der Waals surface area contributed by atoms with Gasteiger partial charge in [0.15, 0.2) is 0 Å². The van der Waals surface area contributed by atoms with Crippen LogP contribution in [-0.4, -0.2) is 53.5 Å². The lowest BCUT2D eigenvalue weighted by molar-refractivity contribution is -0.131. The molecule has 3 unspecified atom stereocenters. The van der Waals surface area contributed by atoms with Crippen molar-refractivity contribution in [1.29, 1.82) is 0 Å². The van der Waals surface area contributed by atoms with E-state index in [-0.39, 0.29) is 11.9 Å². The molecule has 0 radical (unpaired) electrons. The van der Waals surface area contributed by atoms with Gasteiger partial charge < -0.3 is 10.6 Å². The van der Waals surface area contributed by atoms with Crippen LogP contribution in [-0.2, 0) is 4.79 Å². The topological polar surface area (TPSA) is 49.6 Å². The van der Waals surface area contributed by atoms with Crippen LogP contribution in [0.15, 0.2) is 0 Å². The Bertz CT molecular complexity index is 281. The van der Waals surface area contributed by atoms with E-state index in [4.69, 9.17) is 5.73 Å². The molecule has 3 rings (SSSR count). The van der Waals surface area contributed by atoms with Crippen molar-refractivity contribution in [3.8, 4) is 0 Å². The van der Waals surface area contributed by atoms with Crippen molar-refractivity contribution in [2.24, 2.45) is 5.73 Å². The highest BCUT2D eigenvalue weighted by Crippen LogP contribution is 2.32. The van der Waals surface area contributed by atoms with Gasteiger partial charge in [0.2, 0.25) is 5.91 Å². The average molecular weight is 209 g/mol. The maximum absolute atomic E-state index is 11.9. The van der Waals surface area contributed by atoms with E-state index in [1.165, 1.54) is 25.9 Å². The molecule has 84 valence electrons. The molecule has 1 amide bonds. The standard InChI is InChI=1S/C11H19N3O/c12-8-3-7-14(11(8)15)10-4-6-13-5-1-2-9(10)13/h8-10H,1-7,12H2. The van der Waals surface area contributed by atoms with Crippen LogP contribution in [0.3, 0.4) is 0 Å². The first-order valence-corrected chi connectivity index (χ1v) is 6.07. The fourth-order valence-electron chi connectivity index (χ4n) is 3.47. The van der Waals surface area contributed by atoms with Crippen molar-refractivity contribution in [3.63, 3.8) is 0 Å². The van der Waals surface area contributed by atoms with Crippen molar-refractivity contribution in [1.82, 2.24) is 9.80 Å². The van der Waals surface area contributed by atoms with Crippen molar-refractivity contribution in [3.05, 3.63) is 0 Å². The molecule has 3 heterocycles. The molecule has 3 fully saturated rings. The van der Waals surface area contributed by atoms with Gasteiger partial charge in [-0.2, -0.15) is 0 Å². The SMILES string of the molecule is NC1CCN(C2CCN3CCCC23)C1=O. The van der Waals surface area contributed by atoms with E-state index in [0.717, 1.165) is 19.4 Å². The zero-order chi connectivity index (χ0) is 10.4. The van der Waals surface area contributed by atoms with Crippen LogP contribution < -0.4 is 5.73 Å². The minimum absolute atomic E-state index is 0.189. The van der Waals surface area contributed by atoms with E-state index >= 15 is 0 Å². The first-order chi connectivity index (χ1) is 7.27. The maximum atomic E-state index is 11.9.